The van der Waals surface area contributed by atoms with E-state index in [-0.39, 0.29) is 23.8 Å². The van der Waals surface area contributed by atoms with E-state index in [1.807, 2.05) is 18.2 Å². The van der Waals surface area contributed by atoms with Crippen LogP contribution in [0.4, 0.5) is 4.39 Å². The van der Waals surface area contributed by atoms with Gasteiger partial charge in [0, 0.05) is 5.56 Å². The van der Waals surface area contributed by atoms with Crippen LogP contribution < -0.4 is 9.47 Å². The lowest BCUT2D eigenvalue weighted by Crippen LogP contribution is -2.35. The largest absolute Gasteiger partial charge is 0.493 e. The van der Waals surface area contributed by atoms with Crippen LogP contribution in [0.3, 0.4) is 0 Å². The van der Waals surface area contributed by atoms with Gasteiger partial charge in [-0.05, 0) is 75.2 Å². The maximum atomic E-state index is 13.2. The van der Waals surface area contributed by atoms with Crippen LogP contribution in [-0.2, 0) is 11.4 Å². The molecule has 5 rings (SSSR count). The molecule has 1 N–H and O–H groups in total. The van der Waals surface area contributed by atoms with Gasteiger partial charge >= 0.3 is 0 Å². The molecule has 7 nitrogen and oxygen atoms in total. The number of carbonyl (C=O) groups is 1. The van der Waals surface area contributed by atoms with Crippen LogP contribution >= 0.6 is 39.3 Å². The standard InChI is InChI=1S/C26H17BrClFN4O3S/c1-35-21-12-15(11-19(27)22(21)36-13-14-6-8-16(29)9-7-14)10-18-23(30)33-26(31-24(18)34)37-25(32-33)17-4-2-3-5-20(17)28/h2-12,30H,13H2,1H3. The summed E-state index contributed by atoms with van der Waals surface area (Å²) in [7, 11) is 1.50. The molecule has 0 bridgehead atoms. The van der Waals surface area contributed by atoms with Gasteiger partial charge in [0.2, 0.25) is 5.17 Å². The number of nitrogens with zero attached hydrogens (tertiary/aromatic N) is 3. The van der Waals surface area contributed by atoms with Gasteiger partial charge in [-0.2, -0.15) is 15.1 Å². The van der Waals surface area contributed by atoms with Crippen LogP contribution in [0, 0.1) is 11.2 Å². The highest BCUT2D eigenvalue weighted by Crippen LogP contribution is 2.39. The second kappa shape index (κ2) is 10.5. The molecular weight excluding hydrogens is 583 g/mol. The fraction of sp³-hybridized carbons (Fsp3) is 0.0769. The molecule has 0 aliphatic carbocycles. The smallest absolute Gasteiger partial charge is 0.283 e. The molecule has 37 heavy (non-hydrogen) atoms. The number of hydrogen-bond acceptors (Lipinski definition) is 6. The van der Waals surface area contributed by atoms with Crippen molar-refractivity contribution in [2.75, 3.05) is 7.11 Å². The second-order valence-corrected chi connectivity index (χ2v) is 10.1. The Morgan fingerprint density at radius 1 is 1.19 bits per heavy atom. The molecule has 2 heterocycles. The summed E-state index contributed by atoms with van der Waals surface area (Å²) >= 11 is 11.0. The minimum Gasteiger partial charge on any atom is -0.493 e. The number of methoxy groups -OCH3 is 1. The molecule has 0 aromatic heterocycles. The third kappa shape index (κ3) is 5.18. The minimum atomic E-state index is -0.550. The predicted octanol–water partition coefficient (Wildman–Crippen LogP) is 6.50. The van der Waals surface area contributed by atoms with Gasteiger partial charge in [-0.25, -0.2) is 4.39 Å². The van der Waals surface area contributed by atoms with Gasteiger partial charge in [-0.15, -0.1) is 0 Å². The van der Waals surface area contributed by atoms with E-state index in [9.17, 15) is 9.18 Å². The van der Waals surface area contributed by atoms with Gasteiger partial charge in [0.05, 0.1) is 22.2 Å². The number of carbonyl (C=O) groups excluding carboxylic acids is 1. The molecule has 0 atom stereocenters. The van der Waals surface area contributed by atoms with Gasteiger partial charge in [0.1, 0.15) is 17.5 Å². The van der Waals surface area contributed by atoms with Crippen molar-refractivity contribution in [3.8, 4) is 11.5 Å². The number of thioether (sulfide) groups is 1. The van der Waals surface area contributed by atoms with E-state index < -0.39 is 5.91 Å². The molecule has 2 aliphatic heterocycles. The first kappa shape index (κ1) is 25.2. The number of hydrazone groups is 1. The molecule has 3 aromatic carbocycles. The van der Waals surface area contributed by atoms with E-state index in [0.717, 1.165) is 5.56 Å². The van der Waals surface area contributed by atoms with Gasteiger partial charge in [0.25, 0.3) is 5.91 Å². The van der Waals surface area contributed by atoms with Crippen molar-refractivity contribution < 1.29 is 18.7 Å². The lowest BCUT2D eigenvalue weighted by Gasteiger charge is -2.20. The summed E-state index contributed by atoms with van der Waals surface area (Å²) in [5.41, 5.74) is 2.15. The first-order valence-corrected chi connectivity index (χ1v) is 12.8. The monoisotopic (exact) mass is 598 g/mol. The Hall–Kier alpha value is -3.47. The second-order valence-electron chi connectivity index (χ2n) is 7.85. The quantitative estimate of drug-likeness (QED) is 0.327. The van der Waals surface area contributed by atoms with Crippen LogP contribution in [-0.4, -0.2) is 34.1 Å². The number of rotatable bonds is 6. The summed E-state index contributed by atoms with van der Waals surface area (Å²) in [6, 6.07) is 16.7. The third-order valence-corrected chi connectivity index (χ3v) is 7.28. The molecule has 0 saturated heterocycles. The summed E-state index contributed by atoms with van der Waals surface area (Å²) in [6.07, 6.45) is 1.55. The maximum Gasteiger partial charge on any atom is 0.283 e. The maximum absolute atomic E-state index is 13.2. The molecule has 0 unspecified atom stereocenters. The molecule has 3 aromatic rings. The van der Waals surface area contributed by atoms with Crippen molar-refractivity contribution in [3.63, 3.8) is 0 Å². The van der Waals surface area contributed by atoms with Crippen molar-refractivity contribution in [3.05, 3.63) is 98.2 Å². The Balaban J connectivity index is 1.41. The number of benzene rings is 3. The zero-order valence-electron chi connectivity index (χ0n) is 19.2. The predicted molar refractivity (Wildman–Crippen MR) is 147 cm³/mol. The van der Waals surface area contributed by atoms with Crippen LogP contribution in [0.25, 0.3) is 6.08 Å². The number of fused-ring (bicyclic) bond motifs is 1. The summed E-state index contributed by atoms with van der Waals surface area (Å²) in [5.74, 6) is -0.109. The fourth-order valence-corrected chi connectivity index (χ4v) is 5.39. The highest BCUT2D eigenvalue weighted by Gasteiger charge is 2.36. The average molecular weight is 600 g/mol. The van der Waals surface area contributed by atoms with Crippen LogP contribution in [0.1, 0.15) is 16.7 Å². The molecule has 2 aliphatic rings. The van der Waals surface area contributed by atoms with Crippen molar-refractivity contribution in [1.29, 1.82) is 5.41 Å². The van der Waals surface area contributed by atoms with Gasteiger partial charge in [-0.3, -0.25) is 10.2 Å². The summed E-state index contributed by atoms with van der Waals surface area (Å²) in [6.45, 7) is 0.203. The number of amides is 1. The zero-order chi connectivity index (χ0) is 26.1. The van der Waals surface area contributed by atoms with Gasteiger partial charge < -0.3 is 9.47 Å². The summed E-state index contributed by atoms with van der Waals surface area (Å²) < 4.78 is 25.2. The molecule has 11 heteroatoms. The zero-order valence-corrected chi connectivity index (χ0v) is 22.3. The number of nitrogens with one attached hydrogen (secondary N) is 1. The minimum absolute atomic E-state index is 0.0717. The first-order chi connectivity index (χ1) is 17.8. The van der Waals surface area contributed by atoms with Crippen LogP contribution in [0.15, 0.2) is 80.8 Å². The lowest BCUT2D eigenvalue weighted by molar-refractivity contribution is -0.114. The Morgan fingerprint density at radius 2 is 1.95 bits per heavy atom. The van der Waals surface area contributed by atoms with Crippen LogP contribution in [0.5, 0.6) is 11.5 Å². The average Bonchev–Trinajstić information content (AvgIpc) is 3.30. The van der Waals surface area contributed by atoms with Gasteiger partial charge in [-0.1, -0.05) is 41.9 Å². The van der Waals surface area contributed by atoms with Crippen molar-refractivity contribution in [2.45, 2.75) is 6.61 Å². The number of amidine groups is 2. The number of halogens is 3. The van der Waals surface area contributed by atoms with E-state index in [1.54, 1.807) is 36.4 Å². The Bertz CT molecular complexity index is 1520. The highest BCUT2D eigenvalue weighted by molar-refractivity contribution is 9.10. The number of hydrogen-bond donors (Lipinski definition) is 1. The third-order valence-electron chi connectivity index (χ3n) is 5.42. The van der Waals surface area contributed by atoms with Gasteiger partial charge in [0.15, 0.2) is 17.3 Å². The summed E-state index contributed by atoms with van der Waals surface area (Å²) in [4.78, 5) is 17.0. The van der Waals surface area contributed by atoms with E-state index in [2.05, 4.69) is 26.0 Å². The molecular formula is C26H17BrClFN4O3S. The number of ether oxygens (including phenoxy) is 2. The number of aliphatic imine (C=N–C) groups is 1. The van der Waals surface area contributed by atoms with Crippen LogP contribution in [0.2, 0.25) is 5.02 Å². The molecule has 186 valence electrons. The van der Waals surface area contributed by atoms with E-state index in [1.165, 1.54) is 36.0 Å². The fourth-order valence-electron chi connectivity index (χ4n) is 3.60. The van der Waals surface area contributed by atoms with E-state index in [0.29, 0.717) is 42.3 Å². The van der Waals surface area contributed by atoms with E-state index >= 15 is 0 Å². The summed E-state index contributed by atoms with van der Waals surface area (Å²) in [5, 5.41) is 15.8. The molecule has 0 spiro atoms. The lowest BCUT2D eigenvalue weighted by atomic mass is 10.1. The van der Waals surface area contributed by atoms with E-state index in [4.69, 9.17) is 26.5 Å². The Labute approximate surface area is 229 Å². The van der Waals surface area contributed by atoms with Crippen molar-refractivity contribution in [1.82, 2.24) is 5.01 Å². The Kier molecular flexibility index (Phi) is 7.14. The topological polar surface area (TPSA) is 87.3 Å². The molecule has 1 amide bonds. The molecule has 0 radical (unpaired) electrons. The Morgan fingerprint density at radius 3 is 2.68 bits per heavy atom. The molecule has 0 saturated carbocycles. The molecule has 0 fully saturated rings. The van der Waals surface area contributed by atoms with Crippen molar-refractivity contribution in [2.24, 2.45) is 10.1 Å². The SMILES string of the molecule is COc1cc(C=C2C(=N)N3N=C(c4ccccc4Cl)SC3=NC2=O)cc(Br)c1OCc1ccc(F)cc1. The highest BCUT2D eigenvalue weighted by atomic mass is 79.9. The first-order valence-electron chi connectivity index (χ1n) is 10.8. The van der Waals surface area contributed by atoms with Crippen molar-refractivity contribution >= 4 is 67.3 Å². The normalized spacial score (nSPS) is 16.0.